The van der Waals surface area contributed by atoms with Gasteiger partial charge < -0.3 is 23.7 Å². The van der Waals surface area contributed by atoms with Crippen molar-refractivity contribution in [1.29, 1.82) is 0 Å². The second-order valence-electron chi connectivity index (χ2n) is 6.68. The number of benzene rings is 2. The number of carbonyl (C=O) groups excluding carboxylic acids is 2. The molecule has 154 valence electrons. The van der Waals surface area contributed by atoms with E-state index in [-0.39, 0.29) is 25.3 Å². The molecule has 0 amide bonds. The van der Waals surface area contributed by atoms with Gasteiger partial charge in [-0.1, -0.05) is 6.07 Å². The molecule has 1 aliphatic heterocycles. The number of rotatable bonds is 8. The summed E-state index contributed by atoms with van der Waals surface area (Å²) >= 11 is 0. The summed E-state index contributed by atoms with van der Waals surface area (Å²) in [7, 11) is 1.53. The van der Waals surface area contributed by atoms with Gasteiger partial charge in [0.2, 0.25) is 5.75 Å². The van der Waals surface area contributed by atoms with Crippen molar-refractivity contribution in [2.75, 3.05) is 20.3 Å². The fourth-order valence-electron chi connectivity index (χ4n) is 3.09. The number of ether oxygens (including phenoxy) is 5. The predicted octanol–water partition coefficient (Wildman–Crippen LogP) is 3.76. The minimum Gasteiger partial charge on any atom is -0.493 e. The molecule has 7 nitrogen and oxygen atoms in total. The quantitative estimate of drug-likeness (QED) is 0.624. The molecule has 0 saturated carbocycles. The summed E-state index contributed by atoms with van der Waals surface area (Å²) in [6, 6.07) is 9.00. The van der Waals surface area contributed by atoms with E-state index in [1.165, 1.54) is 7.11 Å². The maximum atomic E-state index is 12.0. The predicted molar refractivity (Wildman–Crippen MR) is 105 cm³/mol. The second kappa shape index (κ2) is 8.86. The lowest BCUT2D eigenvalue weighted by molar-refractivity contribution is -0.149. The molecule has 2 aromatic rings. The van der Waals surface area contributed by atoms with Gasteiger partial charge in [-0.2, -0.15) is 0 Å². The van der Waals surface area contributed by atoms with Gasteiger partial charge in [0.05, 0.1) is 25.4 Å². The number of hydrogen-bond donors (Lipinski definition) is 0. The average Bonchev–Trinajstić information content (AvgIpc) is 3.06. The van der Waals surface area contributed by atoms with Crippen LogP contribution in [0.3, 0.4) is 0 Å². The lowest BCUT2D eigenvalue weighted by Gasteiger charge is -2.19. The smallest absolute Gasteiger partial charge is 0.344 e. The van der Waals surface area contributed by atoms with Crippen LogP contribution in [0.25, 0.3) is 11.1 Å². The third-order valence-corrected chi connectivity index (χ3v) is 4.28. The first-order valence-corrected chi connectivity index (χ1v) is 9.41. The summed E-state index contributed by atoms with van der Waals surface area (Å²) in [5.41, 5.74) is 2.85. The van der Waals surface area contributed by atoms with E-state index in [2.05, 4.69) is 0 Å². The lowest BCUT2D eigenvalue weighted by atomic mass is 9.99. The Labute approximate surface area is 169 Å². The number of hydrogen-bond acceptors (Lipinski definition) is 7. The van der Waals surface area contributed by atoms with Crippen molar-refractivity contribution >= 4 is 11.9 Å². The number of esters is 2. The summed E-state index contributed by atoms with van der Waals surface area (Å²) in [5, 5.41) is 0. The average molecular weight is 400 g/mol. The van der Waals surface area contributed by atoms with E-state index in [0.29, 0.717) is 35.0 Å². The van der Waals surface area contributed by atoms with Gasteiger partial charge in [0.1, 0.15) is 6.61 Å². The minimum absolute atomic E-state index is 0.230. The molecule has 0 atom stereocenters. The fraction of sp³-hybridized carbons (Fsp3) is 0.364. The van der Waals surface area contributed by atoms with Crippen molar-refractivity contribution in [2.45, 2.75) is 33.5 Å². The summed E-state index contributed by atoms with van der Waals surface area (Å²) in [4.78, 5) is 23.7. The molecule has 0 aliphatic carbocycles. The Bertz CT molecular complexity index is 918. The Kier molecular flexibility index (Phi) is 6.26. The largest absolute Gasteiger partial charge is 0.493 e. The highest BCUT2D eigenvalue weighted by Crippen LogP contribution is 2.45. The standard InChI is InChI=1S/C22H24O7/c1-5-26-21-18(25-4)9-8-16(20(21)27-12-19(23)29-13(2)3)14-6-7-17-15(10-14)11-28-22(17)24/h6-10,13H,5,11-12H2,1-4H3. The number of carbonyl (C=O) groups is 2. The SMILES string of the molecule is CCOc1c(OC)ccc(-c2ccc3c(c2)COC3=O)c1OCC(=O)OC(C)C. The number of cyclic esters (lactones) is 1. The van der Waals surface area contributed by atoms with Crippen LogP contribution in [0.15, 0.2) is 30.3 Å². The second-order valence-corrected chi connectivity index (χ2v) is 6.68. The van der Waals surface area contributed by atoms with Crippen LogP contribution in [0.4, 0.5) is 0 Å². The number of methoxy groups -OCH3 is 1. The summed E-state index contributed by atoms with van der Waals surface area (Å²) in [6.07, 6.45) is -0.239. The van der Waals surface area contributed by atoms with Crippen LogP contribution in [-0.4, -0.2) is 38.4 Å². The van der Waals surface area contributed by atoms with Crippen molar-refractivity contribution in [3.05, 3.63) is 41.5 Å². The molecule has 0 saturated heterocycles. The minimum atomic E-state index is -0.482. The summed E-state index contributed by atoms with van der Waals surface area (Å²) < 4.78 is 27.2. The normalized spacial score (nSPS) is 12.4. The zero-order chi connectivity index (χ0) is 21.0. The molecule has 1 heterocycles. The van der Waals surface area contributed by atoms with Crippen LogP contribution in [0.1, 0.15) is 36.7 Å². The van der Waals surface area contributed by atoms with Gasteiger partial charge in [-0.15, -0.1) is 0 Å². The molecular formula is C22H24O7. The van der Waals surface area contributed by atoms with E-state index in [1.54, 1.807) is 26.0 Å². The third kappa shape index (κ3) is 4.45. The van der Waals surface area contributed by atoms with Crippen molar-refractivity contribution in [3.8, 4) is 28.4 Å². The monoisotopic (exact) mass is 400 g/mol. The van der Waals surface area contributed by atoms with Crippen LogP contribution >= 0.6 is 0 Å². The van der Waals surface area contributed by atoms with Crippen molar-refractivity contribution in [1.82, 2.24) is 0 Å². The maximum absolute atomic E-state index is 12.0. The van der Waals surface area contributed by atoms with E-state index in [4.69, 9.17) is 23.7 Å². The topological polar surface area (TPSA) is 80.3 Å². The van der Waals surface area contributed by atoms with Gasteiger partial charge in [-0.05, 0) is 50.6 Å². The van der Waals surface area contributed by atoms with Gasteiger partial charge in [0.15, 0.2) is 18.1 Å². The van der Waals surface area contributed by atoms with Gasteiger partial charge in [-0.25, -0.2) is 9.59 Å². The van der Waals surface area contributed by atoms with E-state index < -0.39 is 5.97 Å². The van der Waals surface area contributed by atoms with E-state index in [9.17, 15) is 9.59 Å². The molecule has 29 heavy (non-hydrogen) atoms. The molecule has 2 aromatic carbocycles. The van der Waals surface area contributed by atoms with Crippen molar-refractivity contribution in [2.24, 2.45) is 0 Å². The Balaban J connectivity index is 2.02. The van der Waals surface area contributed by atoms with Crippen LogP contribution in [0.2, 0.25) is 0 Å². The Morgan fingerprint density at radius 2 is 1.86 bits per heavy atom. The molecule has 3 rings (SSSR count). The third-order valence-electron chi connectivity index (χ3n) is 4.28. The van der Waals surface area contributed by atoms with Crippen LogP contribution in [0, 0.1) is 0 Å². The van der Waals surface area contributed by atoms with Gasteiger partial charge in [-0.3, -0.25) is 0 Å². The van der Waals surface area contributed by atoms with Gasteiger partial charge in [0, 0.05) is 11.1 Å². The molecule has 0 radical (unpaired) electrons. The van der Waals surface area contributed by atoms with E-state index >= 15 is 0 Å². The Hall–Kier alpha value is -3.22. The maximum Gasteiger partial charge on any atom is 0.344 e. The van der Waals surface area contributed by atoms with Crippen LogP contribution < -0.4 is 14.2 Å². The van der Waals surface area contributed by atoms with Gasteiger partial charge >= 0.3 is 11.9 Å². The first-order chi connectivity index (χ1) is 13.9. The molecule has 0 bridgehead atoms. The summed E-state index contributed by atoms with van der Waals surface area (Å²) in [6.45, 7) is 5.74. The van der Waals surface area contributed by atoms with Gasteiger partial charge in [0.25, 0.3) is 0 Å². The fourth-order valence-corrected chi connectivity index (χ4v) is 3.09. The highest BCUT2D eigenvalue weighted by atomic mass is 16.6. The lowest BCUT2D eigenvalue weighted by Crippen LogP contribution is -2.19. The van der Waals surface area contributed by atoms with E-state index in [1.807, 2.05) is 25.1 Å². The molecule has 0 N–H and O–H groups in total. The molecule has 1 aliphatic rings. The molecule has 0 spiro atoms. The molecule has 7 heteroatoms. The molecular weight excluding hydrogens is 376 g/mol. The highest BCUT2D eigenvalue weighted by Gasteiger charge is 2.24. The number of fused-ring (bicyclic) bond motifs is 1. The molecule has 0 fully saturated rings. The Morgan fingerprint density at radius 3 is 2.55 bits per heavy atom. The zero-order valence-electron chi connectivity index (χ0n) is 16.9. The first-order valence-electron chi connectivity index (χ1n) is 9.41. The van der Waals surface area contributed by atoms with Crippen LogP contribution in [0.5, 0.6) is 17.2 Å². The Morgan fingerprint density at radius 1 is 1.10 bits per heavy atom. The molecule has 0 aromatic heterocycles. The zero-order valence-corrected chi connectivity index (χ0v) is 16.9. The van der Waals surface area contributed by atoms with Crippen molar-refractivity contribution < 1.29 is 33.3 Å². The first kappa shape index (κ1) is 20.5. The van der Waals surface area contributed by atoms with Crippen molar-refractivity contribution in [3.63, 3.8) is 0 Å². The molecule has 0 unspecified atom stereocenters. The van der Waals surface area contributed by atoms with Crippen LogP contribution in [-0.2, 0) is 20.9 Å². The highest BCUT2D eigenvalue weighted by molar-refractivity contribution is 5.94. The van der Waals surface area contributed by atoms with E-state index in [0.717, 1.165) is 11.1 Å². The summed E-state index contributed by atoms with van der Waals surface area (Å²) in [5.74, 6) is 0.450.